The molecule has 0 heterocycles. The molecule has 1 aromatic carbocycles. The molecule has 0 bridgehead atoms. The minimum absolute atomic E-state index is 0.109. The van der Waals surface area contributed by atoms with Crippen molar-refractivity contribution in [1.82, 2.24) is 4.90 Å². The van der Waals surface area contributed by atoms with E-state index in [4.69, 9.17) is 0 Å². The molecule has 3 rings (SSSR count). The lowest BCUT2D eigenvalue weighted by Gasteiger charge is -2.32. The standard InChI is InChI=1S/C29H43NO3/c1-20-9-8-11-21(15-20)17-24(31)13-14-25-26-18-22(16-23(26)19-27(25)32)10-6-7-12-28(33)30(5)29(2,3)4/h8-9,11,13-16,23-27,31-32H,6-7,10,12,17-19H2,1-5H3/b14-13+/t23-,24+,25+,26-,27+/m0/s1. The second-order valence-corrected chi connectivity index (χ2v) is 11.2. The predicted molar refractivity (Wildman–Crippen MR) is 135 cm³/mol. The maximum atomic E-state index is 12.3. The Labute approximate surface area is 200 Å². The van der Waals surface area contributed by atoms with Gasteiger partial charge < -0.3 is 15.1 Å². The number of benzene rings is 1. The molecule has 0 aliphatic heterocycles. The first-order valence-electron chi connectivity index (χ1n) is 12.6. The van der Waals surface area contributed by atoms with Gasteiger partial charge in [0.05, 0.1) is 12.2 Å². The van der Waals surface area contributed by atoms with Gasteiger partial charge in [-0.05, 0) is 77.2 Å². The van der Waals surface area contributed by atoms with E-state index in [2.05, 4.69) is 52.0 Å². The highest BCUT2D eigenvalue weighted by molar-refractivity contribution is 5.76. The highest BCUT2D eigenvalue weighted by Gasteiger charge is 2.43. The third kappa shape index (κ3) is 7.04. The first-order valence-corrected chi connectivity index (χ1v) is 12.6. The van der Waals surface area contributed by atoms with Crippen molar-refractivity contribution in [3.05, 3.63) is 59.2 Å². The number of hydrogen-bond acceptors (Lipinski definition) is 3. The van der Waals surface area contributed by atoms with Crippen LogP contribution in [0.5, 0.6) is 0 Å². The molecule has 1 amide bonds. The second kappa shape index (κ2) is 11.0. The summed E-state index contributed by atoms with van der Waals surface area (Å²) >= 11 is 0. The number of amides is 1. The lowest BCUT2D eigenvalue weighted by molar-refractivity contribution is -0.134. The zero-order chi connectivity index (χ0) is 24.2. The van der Waals surface area contributed by atoms with E-state index in [1.807, 2.05) is 30.2 Å². The number of nitrogens with zero attached hydrogens (tertiary/aromatic N) is 1. The van der Waals surface area contributed by atoms with Gasteiger partial charge in [-0.1, -0.05) is 53.6 Å². The first kappa shape index (κ1) is 25.7. The summed E-state index contributed by atoms with van der Waals surface area (Å²) < 4.78 is 0. The van der Waals surface area contributed by atoms with E-state index >= 15 is 0 Å². The van der Waals surface area contributed by atoms with Crippen molar-refractivity contribution in [2.75, 3.05) is 7.05 Å². The third-order valence-electron chi connectivity index (χ3n) is 7.55. The van der Waals surface area contributed by atoms with Gasteiger partial charge in [0.1, 0.15) is 0 Å². The van der Waals surface area contributed by atoms with Crippen LogP contribution in [0.4, 0.5) is 0 Å². The number of allylic oxidation sites excluding steroid dienone is 2. The Morgan fingerprint density at radius 3 is 2.73 bits per heavy atom. The van der Waals surface area contributed by atoms with Crippen molar-refractivity contribution in [3.63, 3.8) is 0 Å². The molecule has 1 saturated carbocycles. The first-order chi connectivity index (χ1) is 15.5. The monoisotopic (exact) mass is 453 g/mol. The quantitative estimate of drug-likeness (QED) is 0.398. The number of fused-ring (bicyclic) bond motifs is 1. The Hall–Kier alpha value is -1.91. The smallest absolute Gasteiger partial charge is 0.222 e. The normalized spacial score (nSPS) is 25.8. The number of aliphatic hydroxyl groups is 2. The SMILES string of the molecule is Cc1cccc(C[C@H](O)/C=C/[C@@H]2[C@H]3CC(CCCCC(=O)N(C)C(C)(C)C)=C[C@H]3C[C@H]2O)c1. The highest BCUT2D eigenvalue weighted by atomic mass is 16.3. The Kier molecular flexibility index (Phi) is 8.58. The van der Waals surface area contributed by atoms with Crippen LogP contribution in [0.15, 0.2) is 48.1 Å². The van der Waals surface area contributed by atoms with E-state index in [0.29, 0.717) is 24.7 Å². The van der Waals surface area contributed by atoms with Crippen LogP contribution in [-0.2, 0) is 11.2 Å². The van der Waals surface area contributed by atoms with Crippen molar-refractivity contribution in [3.8, 4) is 0 Å². The van der Waals surface area contributed by atoms with Gasteiger partial charge in [0.25, 0.3) is 0 Å². The lowest BCUT2D eigenvalue weighted by Crippen LogP contribution is -2.42. The number of unbranched alkanes of at least 4 members (excludes halogenated alkanes) is 1. The van der Waals surface area contributed by atoms with Crippen LogP contribution in [0.3, 0.4) is 0 Å². The zero-order valence-electron chi connectivity index (χ0n) is 21.1. The van der Waals surface area contributed by atoms with Gasteiger partial charge in [-0.25, -0.2) is 0 Å². The third-order valence-corrected chi connectivity index (χ3v) is 7.55. The molecule has 4 nitrogen and oxygen atoms in total. The van der Waals surface area contributed by atoms with Crippen LogP contribution in [0, 0.1) is 24.7 Å². The second-order valence-electron chi connectivity index (χ2n) is 11.2. The van der Waals surface area contributed by atoms with Crippen molar-refractivity contribution in [2.24, 2.45) is 17.8 Å². The summed E-state index contributed by atoms with van der Waals surface area (Å²) in [4.78, 5) is 14.2. The molecule has 0 unspecified atom stereocenters. The van der Waals surface area contributed by atoms with Crippen LogP contribution >= 0.6 is 0 Å². The molecule has 1 fully saturated rings. The molecule has 2 N–H and O–H groups in total. The Morgan fingerprint density at radius 1 is 1.27 bits per heavy atom. The number of hydrogen-bond donors (Lipinski definition) is 2. The minimum Gasteiger partial charge on any atom is -0.392 e. The number of aliphatic hydroxyl groups excluding tert-OH is 2. The van der Waals surface area contributed by atoms with Crippen molar-refractivity contribution in [2.45, 2.75) is 90.4 Å². The summed E-state index contributed by atoms with van der Waals surface area (Å²) in [5.41, 5.74) is 3.69. The summed E-state index contributed by atoms with van der Waals surface area (Å²) in [6, 6.07) is 8.25. The minimum atomic E-state index is -0.532. The fourth-order valence-corrected chi connectivity index (χ4v) is 5.37. The Balaban J connectivity index is 1.45. The van der Waals surface area contributed by atoms with E-state index in [-0.39, 0.29) is 23.5 Å². The van der Waals surface area contributed by atoms with Crippen molar-refractivity contribution >= 4 is 5.91 Å². The topological polar surface area (TPSA) is 60.8 Å². The fourth-order valence-electron chi connectivity index (χ4n) is 5.37. The molecule has 1 aromatic rings. The van der Waals surface area contributed by atoms with Crippen molar-refractivity contribution in [1.29, 1.82) is 0 Å². The van der Waals surface area contributed by atoms with Gasteiger partial charge in [-0.3, -0.25) is 4.79 Å². The molecule has 2 aliphatic carbocycles. The van der Waals surface area contributed by atoms with Crippen LogP contribution in [0.2, 0.25) is 0 Å². The maximum absolute atomic E-state index is 12.3. The summed E-state index contributed by atoms with van der Waals surface area (Å²) in [6.45, 7) is 8.25. The van der Waals surface area contributed by atoms with Gasteiger partial charge in [0.15, 0.2) is 0 Å². The molecule has 0 aromatic heterocycles. The summed E-state index contributed by atoms with van der Waals surface area (Å²) in [5, 5.41) is 21.1. The Morgan fingerprint density at radius 2 is 2.03 bits per heavy atom. The number of carbonyl (C=O) groups excluding carboxylic acids is 1. The summed E-state index contributed by atoms with van der Waals surface area (Å²) in [7, 11) is 1.89. The molecule has 2 aliphatic rings. The molecule has 0 spiro atoms. The number of rotatable bonds is 9. The molecular formula is C29H43NO3. The fraction of sp³-hybridized carbons (Fsp3) is 0.621. The molecular weight excluding hydrogens is 410 g/mol. The highest BCUT2D eigenvalue weighted by Crippen LogP contribution is 2.48. The van der Waals surface area contributed by atoms with Crippen LogP contribution in [-0.4, -0.2) is 45.8 Å². The van der Waals surface area contributed by atoms with Gasteiger partial charge in [0.2, 0.25) is 5.91 Å². The predicted octanol–water partition coefficient (Wildman–Crippen LogP) is 5.22. The number of aryl methyl sites for hydroxylation is 1. The number of carbonyl (C=O) groups is 1. The van der Waals surface area contributed by atoms with E-state index in [1.165, 1.54) is 11.1 Å². The molecule has 33 heavy (non-hydrogen) atoms. The molecule has 4 heteroatoms. The van der Waals surface area contributed by atoms with E-state index in [0.717, 1.165) is 37.7 Å². The van der Waals surface area contributed by atoms with Gasteiger partial charge in [-0.15, -0.1) is 0 Å². The van der Waals surface area contributed by atoms with E-state index in [9.17, 15) is 15.0 Å². The molecule has 5 atom stereocenters. The van der Waals surface area contributed by atoms with Gasteiger partial charge in [-0.2, -0.15) is 0 Å². The summed E-state index contributed by atoms with van der Waals surface area (Å²) in [6.07, 6.45) is 11.5. The Bertz CT molecular complexity index is 866. The van der Waals surface area contributed by atoms with Crippen LogP contribution in [0.1, 0.15) is 70.4 Å². The van der Waals surface area contributed by atoms with Crippen LogP contribution in [0.25, 0.3) is 0 Å². The van der Waals surface area contributed by atoms with Gasteiger partial charge in [0, 0.05) is 31.3 Å². The lowest BCUT2D eigenvalue weighted by atomic mass is 9.88. The largest absolute Gasteiger partial charge is 0.392 e. The van der Waals surface area contributed by atoms with Crippen molar-refractivity contribution < 1.29 is 15.0 Å². The van der Waals surface area contributed by atoms with Crippen LogP contribution < -0.4 is 0 Å². The average Bonchev–Trinajstić information content (AvgIpc) is 3.24. The van der Waals surface area contributed by atoms with E-state index in [1.54, 1.807) is 0 Å². The average molecular weight is 454 g/mol. The molecule has 182 valence electrons. The van der Waals surface area contributed by atoms with E-state index < -0.39 is 6.10 Å². The van der Waals surface area contributed by atoms with Gasteiger partial charge >= 0.3 is 0 Å². The molecule has 0 radical (unpaired) electrons. The molecule has 0 saturated heterocycles. The maximum Gasteiger partial charge on any atom is 0.222 e. The summed E-state index contributed by atoms with van der Waals surface area (Å²) in [5.74, 6) is 1.20. The zero-order valence-corrected chi connectivity index (χ0v) is 21.1.